The van der Waals surface area contributed by atoms with E-state index in [0.717, 1.165) is 33.4 Å². The van der Waals surface area contributed by atoms with E-state index in [1.165, 1.54) is 0 Å². The van der Waals surface area contributed by atoms with Crippen LogP contribution in [-0.2, 0) is 36.7 Å². The standard InChI is InChI=1S/C44H47N3O7/c48-27-33(24-30-14-4-1-5-15-30)45-41(49)26-32-18-8-3-9-23-40(43(51)53-28-34(46-42(32)50)25-31-16-6-2-7-17-31)47-44(52)54-29-39-37-21-12-10-19-35(37)36-20-11-13-22-38(36)39/h1-8,10-17,19-22,32-34,39-40,48H,9,18,23-29H2,(H,45,49)(H,46,50)(H,47,52)/t32-,33-,34+,40+/m1/s1. The number of aliphatic hydroxyl groups excluding tert-OH is 1. The fraction of sp³-hybridized carbons (Fsp3) is 0.318. The summed E-state index contributed by atoms with van der Waals surface area (Å²) in [6, 6.07) is 33.1. The minimum atomic E-state index is -0.985. The molecule has 1 aliphatic heterocycles. The normalized spacial score (nSPS) is 19.4. The van der Waals surface area contributed by atoms with Gasteiger partial charge in [-0.2, -0.15) is 0 Å². The Morgan fingerprint density at radius 3 is 2.13 bits per heavy atom. The van der Waals surface area contributed by atoms with E-state index in [9.17, 15) is 24.3 Å². The quantitative estimate of drug-likeness (QED) is 0.116. The SMILES string of the molecule is O=C(C[C@H]1CC=CCC[C@H](NC(=O)OCC2c3ccccc3-c3ccccc32)C(=O)OC[C@H](Cc2ccccc2)NC1=O)N[C@@H](CO)Cc1ccccc1. The minimum absolute atomic E-state index is 0.0920. The number of amides is 3. The number of ether oxygens (including phenoxy) is 2. The van der Waals surface area contributed by atoms with E-state index < -0.39 is 36.1 Å². The molecule has 0 aromatic heterocycles. The molecule has 280 valence electrons. The topological polar surface area (TPSA) is 143 Å². The summed E-state index contributed by atoms with van der Waals surface area (Å²) in [4.78, 5) is 53.6. The van der Waals surface area contributed by atoms with E-state index in [-0.39, 0.29) is 56.8 Å². The molecule has 4 aromatic rings. The number of esters is 1. The van der Waals surface area contributed by atoms with E-state index in [2.05, 4.69) is 28.1 Å². The third-order valence-corrected chi connectivity index (χ3v) is 9.94. The Hall–Kier alpha value is -5.74. The first kappa shape index (κ1) is 38.0. The Morgan fingerprint density at radius 2 is 1.46 bits per heavy atom. The lowest BCUT2D eigenvalue weighted by molar-refractivity contribution is -0.147. The van der Waals surface area contributed by atoms with Crippen molar-refractivity contribution in [2.45, 2.75) is 62.6 Å². The van der Waals surface area contributed by atoms with Crippen LogP contribution in [-0.4, -0.2) is 66.9 Å². The van der Waals surface area contributed by atoms with Crippen LogP contribution in [0.15, 0.2) is 121 Å². The zero-order valence-electron chi connectivity index (χ0n) is 30.2. The average molecular weight is 730 g/mol. The van der Waals surface area contributed by atoms with Crippen LogP contribution in [0.1, 0.15) is 53.9 Å². The van der Waals surface area contributed by atoms with Crippen molar-refractivity contribution in [2.75, 3.05) is 19.8 Å². The van der Waals surface area contributed by atoms with Crippen LogP contribution in [0.3, 0.4) is 0 Å². The highest BCUT2D eigenvalue weighted by atomic mass is 16.6. The summed E-state index contributed by atoms with van der Waals surface area (Å²) >= 11 is 0. The molecule has 0 saturated carbocycles. The number of carbonyl (C=O) groups excluding carboxylic acids is 4. The zero-order chi connectivity index (χ0) is 37.7. The Balaban J connectivity index is 1.11. The van der Waals surface area contributed by atoms with Crippen LogP contribution in [0, 0.1) is 5.92 Å². The van der Waals surface area contributed by atoms with Gasteiger partial charge in [-0.05, 0) is 65.5 Å². The number of hydrogen-bond acceptors (Lipinski definition) is 7. The highest BCUT2D eigenvalue weighted by Gasteiger charge is 2.31. The number of nitrogens with one attached hydrogen (secondary N) is 3. The lowest BCUT2D eigenvalue weighted by atomic mass is 9.97. The molecule has 1 heterocycles. The Labute approximate surface area is 316 Å². The van der Waals surface area contributed by atoms with Crippen molar-refractivity contribution in [1.29, 1.82) is 0 Å². The van der Waals surface area contributed by atoms with Gasteiger partial charge in [-0.1, -0.05) is 121 Å². The molecule has 0 spiro atoms. The number of alkyl carbamates (subject to hydrolysis) is 1. The average Bonchev–Trinajstić information content (AvgIpc) is 3.51. The van der Waals surface area contributed by atoms with Crippen molar-refractivity contribution >= 4 is 23.9 Å². The molecule has 4 N–H and O–H groups in total. The number of fused-ring (bicyclic) bond motifs is 3. The van der Waals surface area contributed by atoms with Crippen LogP contribution in [0.4, 0.5) is 4.79 Å². The molecule has 0 saturated heterocycles. The fourth-order valence-corrected chi connectivity index (χ4v) is 7.18. The van der Waals surface area contributed by atoms with Crippen LogP contribution >= 0.6 is 0 Å². The molecule has 0 fully saturated rings. The number of aliphatic hydroxyl groups is 1. The van der Waals surface area contributed by atoms with Crippen LogP contribution in [0.2, 0.25) is 0 Å². The fourth-order valence-electron chi connectivity index (χ4n) is 7.18. The number of hydrogen-bond donors (Lipinski definition) is 4. The van der Waals surface area contributed by atoms with Crippen LogP contribution < -0.4 is 16.0 Å². The molecule has 0 radical (unpaired) electrons. The van der Waals surface area contributed by atoms with Gasteiger partial charge in [-0.15, -0.1) is 0 Å². The van der Waals surface area contributed by atoms with Gasteiger partial charge in [0.25, 0.3) is 0 Å². The van der Waals surface area contributed by atoms with E-state index in [0.29, 0.717) is 19.3 Å². The molecule has 0 unspecified atom stereocenters. The van der Waals surface area contributed by atoms with Crippen LogP contribution in [0.5, 0.6) is 0 Å². The molecule has 0 bridgehead atoms. The molecule has 4 aromatic carbocycles. The summed E-state index contributed by atoms with van der Waals surface area (Å²) in [5.74, 6) is -2.16. The molecule has 6 rings (SSSR count). The molecular formula is C44H47N3O7. The van der Waals surface area contributed by atoms with Gasteiger partial charge in [0, 0.05) is 12.3 Å². The summed E-state index contributed by atoms with van der Waals surface area (Å²) in [6.45, 7) is -0.279. The molecule has 1 aliphatic carbocycles. The van der Waals surface area contributed by atoms with Crippen LogP contribution in [0.25, 0.3) is 11.1 Å². The van der Waals surface area contributed by atoms with Crippen molar-refractivity contribution in [2.24, 2.45) is 5.92 Å². The van der Waals surface area contributed by atoms with Gasteiger partial charge in [0.15, 0.2) is 0 Å². The summed E-state index contributed by atoms with van der Waals surface area (Å²) in [5, 5.41) is 18.6. The molecular weight excluding hydrogens is 682 g/mol. The lowest BCUT2D eigenvalue weighted by Crippen LogP contribution is -2.47. The largest absolute Gasteiger partial charge is 0.462 e. The second-order valence-electron chi connectivity index (χ2n) is 13.9. The number of allylic oxidation sites excluding steroid dienone is 2. The van der Waals surface area contributed by atoms with Gasteiger partial charge in [0.05, 0.1) is 24.6 Å². The van der Waals surface area contributed by atoms with Gasteiger partial charge < -0.3 is 30.5 Å². The van der Waals surface area contributed by atoms with Crippen molar-refractivity contribution < 1.29 is 33.8 Å². The molecule has 10 nitrogen and oxygen atoms in total. The maximum atomic E-state index is 13.7. The molecule has 10 heteroatoms. The maximum Gasteiger partial charge on any atom is 0.407 e. The van der Waals surface area contributed by atoms with Gasteiger partial charge in [-0.25, -0.2) is 9.59 Å². The van der Waals surface area contributed by atoms with Crippen molar-refractivity contribution in [3.63, 3.8) is 0 Å². The Kier molecular flexibility index (Phi) is 13.3. The second-order valence-corrected chi connectivity index (χ2v) is 13.9. The Bertz CT molecular complexity index is 1870. The van der Waals surface area contributed by atoms with Gasteiger partial charge in [0.1, 0.15) is 19.3 Å². The van der Waals surface area contributed by atoms with Crippen molar-refractivity contribution in [1.82, 2.24) is 16.0 Å². The first-order valence-electron chi connectivity index (χ1n) is 18.6. The number of benzene rings is 4. The van der Waals surface area contributed by atoms with E-state index >= 15 is 0 Å². The number of carbonyl (C=O) groups is 4. The molecule has 4 atom stereocenters. The minimum Gasteiger partial charge on any atom is -0.462 e. The highest BCUT2D eigenvalue weighted by Crippen LogP contribution is 2.44. The van der Waals surface area contributed by atoms with E-state index in [1.54, 1.807) is 0 Å². The summed E-state index contributed by atoms with van der Waals surface area (Å²) in [5.41, 5.74) is 6.30. The van der Waals surface area contributed by atoms with E-state index in [1.807, 2.05) is 109 Å². The summed E-state index contributed by atoms with van der Waals surface area (Å²) in [6.07, 6.45) is 4.60. The monoisotopic (exact) mass is 729 g/mol. The summed E-state index contributed by atoms with van der Waals surface area (Å²) < 4.78 is 11.5. The van der Waals surface area contributed by atoms with Gasteiger partial charge in [-0.3, -0.25) is 9.59 Å². The Morgan fingerprint density at radius 1 is 0.833 bits per heavy atom. The van der Waals surface area contributed by atoms with Crippen molar-refractivity contribution in [3.05, 3.63) is 144 Å². The zero-order valence-corrected chi connectivity index (χ0v) is 30.2. The predicted octanol–water partition coefficient (Wildman–Crippen LogP) is 5.63. The third kappa shape index (κ3) is 10.2. The smallest absolute Gasteiger partial charge is 0.407 e. The van der Waals surface area contributed by atoms with E-state index in [4.69, 9.17) is 9.47 Å². The second kappa shape index (κ2) is 18.8. The number of cyclic esters (lactones) is 1. The molecule has 54 heavy (non-hydrogen) atoms. The third-order valence-electron chi connectivity index (χ3n) is 9.94. The predicted molar refractivity (Wildman–Crippen MR) is 205 cm³/mol. The lowest BCUT2D eigenvalue weighted by Gasteiger charge is -2.24. The maximum absolute atomic E-state index is 13.7. The molecule has 3 amide bonds. The number of rotatable bonds is 11. The first-order valence-corrected chi connectivity index (χ1v) is 18.6. The van der Waals surface area contributed by atoms with Crippen molar-refractivity contribution in [3.8, 4) is 11.1 Å². The highest BCUT2D eigenvalue weighted by molar-refractivity contribution is 5.86. The van der Waals surface area contributed by atoms with Gasteiger partial charge >= 0.3 is 12.1 Å². The summed E-state index contributed by atoms with van der Waals surface area (Å²) in [7, 11) is 0. The van der Waals surface area contributed by atoms with Gasteiger partial charge in [0.2, 0.25) is 11.8 Å². The molecule has 2 aliphatic rings. The first-order chi connectivity index (χ1) is 26.4.